The summed E-state index contributed by atoms with van der Waals surface area (Å²) < 4.78 is 11.9. The molecule has 0 spiro atoms. The van der Waals surface area contributed by atoms with Crippen LogP contribution in [0.2, 0.25) is 0 Å². The Kier molecular flexibility index (Phi) is 3.10. The molecule has 2 atom stereocenters. The maximum absolute atomic E-state index is 11.4. The summed E-state index contributed by atoms with van der Waals surface area (Å²) in [4.78, 5) is 11.4. The minimum atomic E-state index is -1.21. The van der Waals surface area contributed by atoms with E-state index in [0.717, 1.165) is 5.56 Å². The summed E-state index contributed by atoms with van der Waals surface area (Å²) in [6.45, 7) is 5.39. The number of hydrogen-bond donors (Lipinski definition) is 1. The van der Waals surface area contributed by atoms with E-state index in [1.807, 2.05) is 38.1 Å². The van der Waals surface area contributed by atoms with Crippen molar-refractivity contribution in [1.82, 2.24) is 0 Å². The van der Waals surface area contributed by atoms with Gasteiger partial charge in [-0.3, -0.25) is 4.79 Å². The summed E-state index contributed by atoms with van der Waals surface area (Å²) in [5, 5.41) is 11.0. The van der Waals surface area contributed by atoms with E-state index in [2.05, 4.69) is 0 Å². The first-order valence-corrected chi connectivity index (χ1v) is 7.21. The molecule has 2 unspecified atom stereocenters. The average molecular weight is 288 g/mol. The van der Waals surface area contributed by atoms with Gasteiger partial charge in [-0.15, -0.1) is 0 Å². The Morgan fingerprint density at radius 1 is 1.24 bits per heavy atom. The molecule has 3 rings (SSSR count). The Morgan fingerprint density at radius 2 is 1.95 bits per heavy atom. The van der Waals surface area contributed by atoms with Gasteiger partial charge in [0.1, 0.15) is 22.7 Å². The van der Waals surface area contributed by atoms with Crippen LogP contribution in [-0.4, -0.2) is 22.1 Å². The fourth-order valence-electron chi connectivity index (χ4n) is 2.78. The molecule has 1 aliphatic heterocycles. The van der Waals surface area contributed by atoms with Gasteiger partial charge in [0.15, 0.2) is 11.9 Å². The summed E-state index contributed by atoms with van der Waals surface area (Å²) in [5.41, 5.74) is -1.20. The molecule has 0 bridgehead atoms. The molecule has 4 heteroatoms. The van der Waals surface area contributed by atoms with Gasteiger partial charge in [0.25, 0.3) is 0 Å². The minimum absolute atomic E-state index is 0.0734. The molecule has 1 aromatic rings. The summed E-state index contributed by atoms with van der Waals surface area (Å²) in [7, 11) is 0. The molecular weight excluding hydrogens is 268 g/mol. The largest absolute Gasteiger partial charge is 0.487 e. The van der Waals surface area contributed by atoms with Crippen molar-refractivity contribution in [3.05, 3.63) is 41.7 Å². The van der Waals surface area contributed by atoms with E-state index in [9.17, 15) is 9.90 Å². The van der Waals surface area contributed by atoms with E-state index in [1.165, 1.54) is 6.08 Å². The molecule has 1 aromatic carbocycles. The van der Waals surface area contributed by atoms with Crippen molar-refractivity contribution in [3.8, 4) is 5.75 Å². The Morgan fingerprint density at radius 3 is 2.62 bits per heavy atom. The Balaban J connectivity index is 2.02. The second-order valence-corrected chi connectivity index (χ2v) is 6.37. The summed E-state index contributed by atoms with van der Waals surface area (Å²) >= 11 is 0. The summed E-state index contributed by atoms with van der Waals surface area (Å²) in [5.74, 6) is 1.42. The highest BCUT2D eigenvalue weighted by Crippen LogP contribution is 2.49. The maximum atomic E-state index is 11.4. The second-order valence-electron chi connectivity index (χ2n) is 6.37. The molecule has 21 heavy (non-hydrogen) atoms. The molecule has 2 aliphatic rings. The number of carbonyl (C=O) groups excluding carboxylic acids is 1. The highest BCUT2D eigenvalue weighted by molar-refractivity contribution is 5.92. The molecular formula is C17H20O4. The van der Waals surface area contributed by atoms with Crippen LogP contribution in [0.15, 0.2) is 36.1 Å². The number of benzene rings is 1. The van der Waals surface area contributed by atoms with Gasteiger partial charge < -0.3 is 14.6 Å². The summed E-state index contributed by atoms with van der Waals surface area (Å²) in [6, 6.07) is 7.55. The number of hydrogen-bond acceptors (Lipinski definition) is 4. The van der Waals surface area contributed by atoms with Crippen LogP contribution >= 0.6 is 0 Å². The predicted molar refractivity (Wildman–Crippen MR) is 77.9 cm³/mol. The fourth-order valence-corrected chi connectivity index (χ4v) is 2.78. The minimum Gasteiger partial charge on any atom is -0.487 e. The number of fused-ring (bicyclic) bond motifs is 1. The van der Waals surface area contributed by atoms with Crippen LogP contribution < -0.4 is 4.74 Å². The lowest BCUT2D eigenvalue weighted by Crippen LogP contribution is -2.58. The smallest absolute Gasteiger partial charge is 0.159 e. The van der Waals surface area contributed by atoms with E-state index in [4.69, 9.17) is 9.47 Å². The average Bonchev–Trinajstić information content (AvgIpc) is 2.80. The number of ether oxygens (including phenoxy) is 2. The lowest BCUT2D eigenvalue weighted by Gasteiger charge is -2.49. The van der Waals surface area contributed by atoms with Crippen molar-refractivity contribution in [2.45, 2.75) is 50.9 Å². The normalized spacial score (nSPS) is 30.4. The second kappa shape index (κ2) is 4.60. The third kappa shape index (κ3) is 2.23. The molecule has 0 saturated heterocycles. The molecule has 112 valence electrons. The van der Waals surface area contributed by atoms with Gasteiger partial charge in [0.05, 0.1) is 0 Å². The van der Waals surface area contributed by atoms with Gasteiger partial charge >= 0.3 is 0 Å². The molecule has 0 aromatic heterocycles. The van der Waals surface area contributed by atoms with E-state index in [0.29, 0.717) is 24.4 Å². The van der Waals surface area contributed by atoms with E-state index in [-0.39, 0.29) is 5.78 Å². The molecule has 0 saturated carbocycles. The van der Waals surface area contributed by atoms with Crippen LogP contribution in [0.3, 0.4) is 0 Å². The first-order chi connectivity index (χ1) is 9.81. The molecule has 4 nitrogen and oxygen atoms in total. The number of aliphatic hydroxyl groups is 1. The fraction of sp³-hybridized carbons (Fsp3) is 0.471. The standard InChI is InChI=1S/C17H20O4/c1-16(2)17(3,19)15(20-12-9-8-11(18)10-12)13-6-4-5-7-14(13)21-16/h4-7,10,15,19H,8-9H2,1-3H3. The number of rotatable bonds is 2. The van der Waals surface area contributed by atoms with Crippen LogP contribution in [0.25, 0.3) is 0 Å². The molecule has 0 amide bonds. The van der Waals surface area contributed by atoms with Gasteiger partial charge in [-0.2, -0.15) is 0 Å². The molecule has 0 fully saturated rings. The van der Waals surface area contributed by atoms with Crippen LogP contribution in [0.5, 0.6) is 5.75 Å². The molecule has 1 heterocycles. The summed E-state index contributed by atoms with van der Waals surface area (Å²) in [6.07, 6.45) is 2.04. The van der Waals surface area contributed by atoms with Crippen molar-refractivity contribution in [3.63, 3.8) is 0 Å². The van der Waals surface area contributed by atoms with Gasteiger partial charge in [0, 0.05) is 24.5 Å². The highest BCUT2D eigenvalue weighted by atomic mass is 16.6. The zero-order valence-electron chi connectivity index (χ0n) is 12.6. The number of allylic oxidation sites excluding steroid dienone is 2. The third-order valence-electron chi connectivity index (χ3n) is 4.51. The van der Waals surface area contributed by atoms with Crippen LogP contribution in [0, 0.1) is 0 Å². The number of ketones is 1. The lowest BCUT2D eigenvalue weighted by atomic mass is 9.77. The Hall–Kier alpha value is -1.81. The van der Waals surface area contributed by atoms with Crippen molar-refractivity contribution < 1.29 is 19.4 Å². The van der Waals surface area contributed by atoms with Crippen LogP contribution in [-0.2, 0) is 9.53 Å². The zero-order valence-corrected chi connectivity index (χ0v) is 12.6. The molecule has 1 aliphatic carbocycles. The van der Waals surface area contributed by atoms with Crippen LogP contribution in [0.4, 0.5) is 0 Å². The molecule has 0 radical (unpaired) electrons. The SMILES string of the molecule is CC1(C)Oc2ccccc2C(OC2=CC(=O)CC2)C1(C)O. The van der Waals surface area contributed by atoms with Crippen molar-refractivity contribution in [1.29, 1.82) is 0 Å². The van der Waals surface area contributed by atoms with Gasteiger partial charge in [0.2, 0.25) is 0 Å². The predicted octanol–water partition coefficient (Wildman–Crippen LogP) is 2.91. The van der Waals surface area contributed by atoms with Gasteiger partial charge in [-0.1, -0.05) is 18.2 Å². The highest BCUT2D eigenvalue weighted by Gasteiger charge is 2.54. The number of para-hydroxylation sites is 1. The van der Waals surface area contributed by atoms with Crippen molar-refractivity contribution in [2.24, 2.45) is 0 Å². The van der Waals surface area contributed by atoms with E-state index in [1.54, 1.807) is 6.92 Å². The molecule has 1 N–H and O–H groups in total. The topological polar surface area (TPSA) is 55.8 Å². The quantitative estimate of drug-likeness (QED) is 0.909. The van der Waals surface area contributed by atoms with Gasteiger partial charge in [-0.05, 0) is 26.8 Å². The van der Waals surface area contributed by atoms with E-state index >= 15 is 0 Å². The third-order valence-corrected chi connectivity index (χ3v) is 4.51. The number of carbonyl (C=O) groups is 1. The first kappa shape index (κ1) is 14.1. The maximum Gasteiger partial charge on any atom is 0.159 e. The lowest BCUT2D eigenvalue weighted by molar-refractivity contribution is -0.188. The Labute approximate surface area is 124 Å². The van der Waals surface area contributed by atoms with Crippen molar-refractivity contribution >= 4 is 5.78 Å². The van der Waals surface area contributed by atoms with Crippen molar-refractivity contribution in [2.75, 3.05) is 0 Å². The monoisotopic (exact) mass is 288 g/mol. The Bertz CT molecular complexity index is 613. The van der Waals surface area contributed by atoms with Gasteiger partial charge in [-0.25, -0.2) is 0 Å². The zero-order chi connectivity index (χ0) is 15.3. The van der Waals surface area contributed by atoms with Crippen LogP contribution in [0.1, 0.15) is 45.3 Å². The van der Waals surface area contributed by atoms with E-state index < -0.39 is 17.3 Å². The first-order valence-electron chi connectivity index (χ1n) is 7.21.